The van der Waals surface area contributed by atoms with Crippen LogP contribution >= 0.6 is 11.3 Å². The smallest absolute Gasteiger partial charge is 0.318 e. The van der Waals surface area contributed by atoms with Gasteiger partial charge in [0.25, 0.3) is 0 Å². The van der Waals surface area contributed by atoms with Crippen molar-refractivity contribution in [1.82, 2.24) is 10.2 Å². The number of anilines is 1. The largest absolute Gasteiger partial charge is 0.408 e. The lowest BCUT2D eigenvalue weighted by atomic mass is 9.92. The van der Waals surface area contributed by atoms with Gasteiger partial charge in [0, 0.05) is 25.4 Å². The standard InChI is InChI=1S/C16H21N3O2S/c1-3-5-13-17-18-16(21-13)19-8-4-6-12(10-19)14(20)15-11(2)7-9-22-15/h7,9,12H,3-6,8,10H2,1-2H3. The molecular formula is C16H21N3O2S. The van der Waals surface area contributed by atoms with Crippen LogP contribution in [0.1, 0.15) is 47.3 Å². The molecule has 0 aromatic carbocycles. The molecule has 5 nitrogen and oxygen atoms in total. The summed E-state index contributed by atoms with van der Waals surface area (Å²) in [6.07, 6.45) is 3.70. The van der Waals surface area contributed by atoms with Crippen LogP contribution in [0.4, 0.5) is 6.01 Å². The van der Waals surface area contributed by atoms with E-state index in [2.05, 4.69) is 22.0 Å². The third-order valence-electron chi connectivity index (χ3n) is 4.07. The number of Topliss-reactive ketones (excluding diaryl/α,β-unsaturated/α-hetero) is 1. The van der Waals surface area contributed by atoms with Crippen molar-refractivity contribution in [2.45, 2.75) is 39.5 Å². The molecule has 0 radical (unpaired) electrons. The van der Waals surface area contributed by atoms with Gasteiger partial charge in [-0.25, -0.2) is 0 Å². The van der Waals surface area contributed by atoms with E-state index in [-0.39, 0.29) is 11.7 Å². The van der Waals surface area contributed by atoms with Crippen molar-refractivity contribution >= 4 is 23.1 Å². The molecule has 2 aromatic heterocycles. The Labute approximate surface area is 134 Å². The summed E-state index contributed by atoms with van der Waals surface area (Å²) in [6, 6.07) is 2.57. The Kier molecular flexibility index (Phi) is 4.57. The summed E-state index contributed by atoms with van der Waals surface area (Å²) in [5, 5.41) is 10.2. The summed E-state index contributed by atoms with van der Waals surface area (Å²) >= 11 is 1.54. The Morgan fingerprint density at radius 3 is 3.09 bits per heavy atom. The first-order valence-electron chi connectivity index (χ1n) is 7.84. The second kappa shape index (κ2) is 6.60. The van der Waals surface area contributed by atoms with Crippen LogP contribution in [-0.4, -0.2) is 29.1 Å². The van der Waals surface area contributed by atoms with E-state index in [1.165, 1.54) is 11.3 Å². The van der Waals surface area contributed by atoms with Gasteiger partial charge in [0.1, 0.15) is 0 Å². The summed E-state index contributed by atoms with van der Waals surface area (Å²) in [7, 11) is 0. The highest BCUT2D eigenvalue weighted by Crippen LogP contribution is 2.27. The Morgan fingerprint density at radius 2 is 2.36 bits per heavy atom. The summed E-state index contributed by atoms with van der Waals surface area (Å²) < 4.78 is 5.70. The first-order valence-corrected chi connectivity index (χ1v) is 8.72. The fourth-order valence-electron chi connectivity index (χ4n) is 2.86. The summed E-state index contributed by atoms with van der Waals surface area (Å²) in [5.74, 6) is 0.957. The molecule has 0 amide bonds. The van der Waals surface area contributed by atoms with Crippen molar-refractivity contribution in [1.29, 1.82) is 0 Å². The molecule has 118 valence electrons. The molecule has 6 heteroatoms. The van der Waals surface area contributed by atoms with E-state index in [1.54, 1.807) is 0 Å². The van der Waals surface area contributed by atoms with Gasteiger partial charge in [-0.2, -0.15) is 0 Å². The fourth-order valence-corrected chi connectivity index (χ4v) is 3.81. The Balaban J connectivity index is 1.71. The predicted octanol–water partition coefficient (Wildman–Crippen LogP) is 3.49. The van der Waals surface area contributed by atoms with Gasteiger partial charge in [-0.15, -0.1) is 16.4 Å². The predicted molar refractivity (Wildman–Crippen MR) is 86.6 cm³/mol. The Hall–Kier alpha value is -1.69. The minimum absolute atomic E-state index is 0.0209. The van der Waals surface area contributed by atoms with Crippen LogP contribution in [0.5, 0.6) is 0 Å². The lowest BCUT2D eigenvalue weighted by Gasteiger charge is -2.30. The highest BCUT2D eigenvalue weighted by atomic mass is 32.1. The molecule has 1 aliphatic rings. The van der Waals surface area contributed by atoms with Crippen LogP contribution in [0, 0.1) is 12.8 Å². The number of ketones is 1. The molecule has 22 heavy (non-hydrogen) atoms. The van der Waals surface area contributed by atoms with Crippen LogP contribution in [-0.2, 0) is 6.42 Å². The molecule has 1 saturated heterocycles. The molecular weight excluding hydrogens is 298 g/mol. The lowest BCUT2D eigenvalue weighted by Crippen LogP contribution is -2.39. The zero-order chi connectivity index (χ0) is 15.5. The molecule has 1 atom stereocenters. The number of nitrogens with zero attached hydrogens (tertiary/aromatic N) is 3. The molecule has 0 saturated carbocycles. The van der Waals surface area contributed by atoms with E-state index in [9.17, 15) is 4.79 Å². The van der Waals surface area contributed by atoms with Crippen molar-refractivity contribution < 1.29 is 9.21 Å². The highest BCUT2D eigenvalue weighted by molar-refractivity contribution is 7.12. The van der Waals surface area contributed by atoms with Gasteiger partial charge in [0.15, 0.2) is 5.78 Å². The molecule has 3 heterocycles. The van der Waals surface area contributed by atoms with Crippen molar-refractivity contribution in [2.24, 2.45) is 5.92 Å². The quantitative estimate of drug-likeness (QED) is 0.790. The maximum absolute atomic E-state index is 12.7. The molecule has 0 spiro atoms. The number of aromatic nitrogens is 2. The summed E-state index contributed by atoms with van der Waals surface area (Å²) in [4.78, 5) is 15.6. The normalized spacial score (nSPS) is 18.6. The maximum Gasteiger partial charge on any atom is 0.318 e. The minimum Gasteiger partial charge on any atom is -0.408 e. The molecule has 2 aromatic rings. The van der Waals surface area contributed by atoms with Crippen LogP contribution in [0.15, 0.2) is 15.9 Å². The maximum atomic E-state index is 12.7. The molecule has 0 N–H and O–H groups in total. The Morgan fingerprint density at radius 1 is 1.50 bits per heavy atom. The number of carbonyl (C=O) groups excluding carboxylic acids is 1. The van der Waals surface area contributed by atoms with Gasteiger partial charge < -0.3 is 9.32 Å². The first-order chi connectivity index (χ1) is 10.7. The van der Waals surface area contributed by atoms with E-state index in [1.807, 2.05) is 18.4 Å². The average molecular weight is 319 g/mol. The molecule has 3 rings (SSSR count). The second-order valence-electron chi connectivity index (χ2n) is 5.81. The summed E-state index contributed by atoms with van der Waals surface area (Å²) in [6.45, 7) is 5.63. The van der Waals surface area contributed by atoms with Crippen molar-refractivity contribution in [2.75, 3.05) is 18.0 Å². The van der Waals surface area contributed by atoms with E-state index in [4.69, 9.17) is 4.42 Å². The monoisotopic (exact) mass is 319 g/mol. The van der Waals surface area contributed by atoms with Crippen LogP contribution in [0.3, 0.4) is 0 Å². The Bertz CT molecular complexity index is 649. The van der Waals surface area contributed by atoms with Crippen LogP contribution in [0.2, 0.25) is 0 Å². The minimum atomic E-state index is 0.0209. The highest BCUT2D eigenvalue weighted by Gasteiger charge is 2.30. The SMILES string of the molecule is CCCc1nnc(N2CCCC(C(=O)c3sccc3C)C2)o1. The second-order valence-corrected chi connectivity index (χ2v) is 6.73. The number of thiophene rings is 1. The molecule has 0 bridgehead atoms. The lowest BCUT2D eigenvalue weighted by molar-refractivity contribution is 0.0910. The van der Waals surface area contributed by atoms with E-state index in [0.29, 0.717) is 18.5 Å². The van der Waals surface area contributed by atoms with Gasteiger partial charge in [-0.1, -0.05) is 12.0 Å². The van der Waals surface area contributed by atoms with E-state index in [0.717, 1.165) is 42.7 Å². The van der Waals surface area contributed by atoms with Gasteiger partial charge in [-0.05, 0) is 43.2 Å². The zero-order valence-electron chi connectivity index (χ0n) is 13.0. The van der Waals surface area contributed by atoms with Crippen molar-refractivity contribution in [3.8, 4) is 0 Å². The number of aryl methyl sites for hydroxylation is 2. The van der Waals surface area contributed by atoms with Gasteiger partial charge >= 0.3 is 6.01 Å². The third-order valence-corrected chi connectivity index (χ3v) is 5.10. The van der Waals surface area contributed by atoms with Gasteiger partial charge in [0.05, 0.1) is 4.88 Å². The number of carbonyl (C=O) groups is 1. The average Bonchev–Trinajstić information content (AvgIpc) is 3.16. The number of piperidine rings is 1. The number of hydrogen-bond acceptors (Lipinski definition) is 6. The molecule has 0 aliphatic carbocycles. The van der Waals surface area contributed by atoms with Crippen molar-refractivity contribution in [3.05, 3.63) is 27.8 Å². The first kappa shape index (κ1) is 15.2. The molecule has 1 fully saturated rings. The fraction of sp³-hybridized carbons (Fsp3) is 0.562. The third kappa shape index (κ3) is 3.06. The van der Waals surface area contributed by atoms with Crippen LogP contribution in [0.25, 0.3) is 0 Å². The van der Waals surface area contributed by atoms with E-state index >= 15 is 0 Å². The molecule has 1 aliphatic heterocycles. The molecule has 1 unspecified atom stereocenters. The van der Waals surface area contributed by atoms with Crippen molar-refractivity contribution in [3.63, 3.8) is 0 Å². The van der Waals surface area contributed by atoms with E-state index < -0.39 is 0 Å². The van der Waals surface area contributed by atoms with Gasteiger partial charge in [-0.3, -0.25) is 4.79 Å². The number of hydrogen-bond donors (Lipinski definition) is 0. The number of rotatable bonds is 5. The topological polar surface area (TPSA) is 59.2 Å². The zero-order valence-corrected chi connectivity index (χ0v) is 13.9. The van der Waals surface area contributed by atoms with Crippen LogP contribution < -0.4 is 4.90 Å². The summed E-state index contributed by atoms with van der Waals surface area (Å²) in [5.41, 5.74) is 1.08. The van der Waals surface area contributed by atoms with Gasteiger partial charge in [0.2, 0.25) is 5.89 Å².